The van der Waals surface area contributed by atoms with Crippen LogP contribution in [0.4, 0.5) is 13.2 Å². The summed E-state index contributed by atoms with van der Waals surface area (Å²) in [6, 6.07) is 5.07. The second kappa shape index (κ2) is 8.65. The number of alkyl halides is 3. The molecule has 1 N–H and O–H groups in total. The lowest BCUT2D eigenvalue weighted by molar-refractivity contribution is -0.269. The second-order valence-corrected chi connectivity index (χ2v) is 6.53. The number of ether oxygens (including phenoxy) is 1. The van der Waals surface area contributed by atoms with Gasteiger partial charge in [0.2, 0.25) is 5.60 Å². The van der Waals surface area contributed by atoms with Gasteiger partial charge in [-0.3, -0.25) is 9.78 Å². The van der Waals surface area contributed by atoms with Crippen LogP contribution in [0.2, 0.25) is 0 Å². The third-order valence-corrected chi connectivity index (χ3v) is 4.63. The van der Waals surface area contributed by atoms with Crippen molar-refractivity contribution in [2.75, 3.05) is 6.61 Å². The summed E-state index contributed by atoms with van der Waals surface area (Å²) in [5.74, 6) is -1.28. The molecule has 25 heavy (non-hydrogen) atoms. The number of rotatable bonds is 6. The first-order chi connectivity index (χ1) is 11.9. The highest BCUT2D eigenvalue weighted by Crippen LogP contribution is 2.43. The van der Waals surface area contributed by atoms with Crippen LogP contribution in [0.25, 0.3) is 0 Å². The lowest BCUT2D eigenvalue weighted by atomic mass is 9.84. The maximum Gasteiger partial charge on any atom is 0.426 e. The molecule has 1 aliphatic rings. The summed E-state index contributed by atoms with van der Waals surface area (Å²) >= 11 is 0. The Morgan fingerprint density at radius 1 is 1.44 bits per heavy atom. The minimum atomic E-state index is -4.75. The number of nitrogens with zero attached hydrogens (tertiary/aromatic N) is 1. The third kappa shape index (κ3) is 4.93. The van der Waals surface area contributed by atoms with Gasteiger partial charge < -0.3 is 10.1 Å². The van der Waals surface area contributed by atoms with Gasteiger partial charge in [-0.1, -0.05) is 32.3 Å². The molecule has 0 aromatic carbocycles. The van der Waals surface area contributed by atoms with Crippen molar-refractivity contribution >= 4 is 5.91 Å². The molecule has 1 aromatic rings. The van der Waals surface area contributed by atoms with Gasteiger partial charge in [0.05, 0.1) is 12.2 Å². The van der Waals surface area contributed by atoms with Crippen LogP contribution in [0, 0.1) is 5.92 Å². The molecule has 1 aromatic heterocycles. The highest BCUT2D eigenvalue weighted by molar-refractivity contribution is 5.86. The summed E-state index contributed by atoms with van der Waals surface area (Å²) in [6.45, 7) is 1.89. The Kier molecular flexibility index (Phi) is 6.81. The zero-order valence-electron chi connectivity index (χ0n) is 14.4. The smallest absolute Gasteiger partial charge is 0.357 e. The molecule has 2 atom stereocenters. The number of carbonyl (C=O) groups is 1. The zero-order valence-corrected chi connectivity index (χ0v) is 14.4. The van der Waals surface area contributed by atoms with E-state index in [0.717, 1.165) is 12.8 Å². The number of pyridine rings is 1. The van der Waals surface area contributed by atoms with Gasteiger partial charge in [0.15, 0.2) is 0 Å². The number of carbonyl (C=O) groups excluding carboxylic acids is 1. The molecule has 140 valence electrons. The molecule has 1 saturated heterocycles. The highest BCUT2D eigenvalue weighted by Gasteiger charge is 2.62. The first-order valence-corrected chi connectivity index (χ1v) is 8.78. The molecule has 1 aliphatic heterocycles. The van der Waals surface area contributed by atoms with E-state index >= 15 is 0 Å². The van der Waals surface area contributed by atoms with Crippen molar-refractivity contribution in [1.82, 2.24) is 10.3 Å². The van der Waals surface area contributed by atoms with E-state index in [-0.39, 0.29) is 25.5 Å². The normalized spacial score (nSPS) is 24.6. The maximum atomic E-state index is 13.8. The Labute approximate surface area is 146 Å². The van der Waals surface area contributed by atoms with Crippen molar-refractivity contribution in [2.24, 2.45) is 5.92 Å². The minimum Gasteiger partial charge on any atom is -0.357 e. The van der Waals surface area contributed by atoms with E-state index in [9.17, 15) is 18.0 Å². The lowest BCUT2D eigenvalue weighted by Crippen LogP contribution is -2.59. The molecule has 0 bridgehead atoms. The predicted molar refractivity (Wildman–Crippen MR) is 87.7 cm³/mol. The third-order valence-electron chi connectivity index (χ3n) is 4.63. The van der Waals surface area contributed by atoms with Crippen LogP contribution in [-0.2, 0) is 16.1 Å². The Morgan fingerprint density at radius 3 is 2.88 bits per heavy atom. The SMILES string of the molecule is CCCC[C@H]1CCCO[C@@](C(=O)NCc2ccccn2)(C(F)(F)F)C1. The number of aromatic nitrogens is 1. The van der Waals surface area contributed by atoms with E-state index in [4.69, 9.17) is 4.74 Å². The summed E-state index contributed by atoms with van der Waals surface area (Å²) in [4.78, 5) is 16.5. The van der Waals surface area contributed by atoms with Crippen molar-refractivity contribution in [3.8, 4) is 0 Å². The number of hydrogen-bond donors (Lipinski definition) is 1. The highest BCUT2D eigenvalue weighted by atomic mass is 19.4. The van der Waals surface area contributed by atoms with Gasteiger partial charge >= 0.3 is 6.18 Å². The van der Waals surface area contributed by atoms with Crippen molar-refractivity contribution in [2.45, 2.75) is 63.8 Å². The summed E-state index contributed by atoms with van der Waals surface area (Å²) in [7, 11) is 0. The average Bonchev–Trinajstić information content (AvgIpc) is 2.82. The van der Waals surface area contributed by atoms with Crippen LogP contribution in [-0.4, -0.2) is 29.3 Å². The van der Waals surface area contributed by atoms with Gasteiger partial charge in [-0.2, -0.15) is 13.2 Å². The van der Waals surface area contributed by atoms with E-state index < -0.39 is 17.7 Å². The molecule has 1 amide bonds. The van der Waals surface area contributed by atoms with Crippen molar-refractivity contribution < 1.29 is 22.7 Å². The maximum absolute atomic E-state index is 13.8. The second-order valence-electron chi connectivity index (χ2n) is 6.53. The van der Waals surface area contributed by atoms with Crippen molar-refractivity contribution in [3.05, 3.63) is 30.1 Å². The lowest BCUT2D eigenvalue weighted by Gasteiger charge is -2.34. The summed E-state index contributed by atoms with van der Waals surface area (Å²) in [5.41, 5.74) is -2.26. The summed E-state index contributed by atoms with van der Waals surface area (Å²) < 4.78 is 46.7. The van der Waals surface area contributed by atoms with E-state index in [0.29, 0.717) is 25.0 Å². The molecule has 2 heterocycles. The van der Waals surface area contributed by atoms with Crippen LogP contribution < -0.4 is 5.32 Å². The molecular formula is C18H25F3N2O2. The van der Waals surface area contributed by atoms with Gasteiger partial charge in [0.25, 0.3) is 5.91 Å². The summed E-state index contributed by atoms with van der Waals surface area (Å²) in [5, 5.41) is 2.37. The molecule has 7 heteroatoms. The fourth-order valence-electron chi connectivity index (χ4n) is 3.23. The van der Waals surface area contributed by atoms with Gasteiger partial charge in [0.1, 0.15) is 0 Å². The molecule has 0 spiro atoms. The fraction of sp³-hybridized carbons (Fsp3) is 0.667. The van der Waals surface area contributed by atoms with Gasteiger partial charge in [-0.15, -0.1) is 0 Å². The molecule has 4 nitrogen and oxygen atoms in total. The molecule has 0 aliphatic carbocycles. The first-order valence-electron chi connectivity index (χ1n) is 8.78. The quantitative estimate of drug-likeness (QED) is 0.836. The molecule has 1 fully saturated rings. The van der Waals surface area contributed by atoms with Crippen LogP contribution >= 0.6 is 0 Å². The van der Waals surface area contributed by atoms with Crippen LogP contribution in [0.3, 0.4) is 0 Å². The first kappa shape index (κ1) is 19.7. The Balaban J connectivity index is 2.16. The molecule has 2 rings (SSSR count). The van der Waals surface area contributed by atoms with E-state index in [1.807, 2.05) is 6.92 Å². The Morgan fingerprint density at radius 2 is 2.24 bits per heavy atom. The number of hydrogen-bond acceptors (Lipinski definition) is 3. The van der Waals surface area contributed by atoms with E-state index in [1.165, 1.54) is 6.20 Å². The number of amides is 1. The monoisotopic (exact) mass is 358 g/mol. The number of halogens is 3. The predicted octanol–water partition coefficient (Wildman–Crippen LogP) is 4.01. The molecular weight excluding hydrogens is 333 g/mol. The van der Waals surface area contributed by atoms with Crippen molar-refractivity contribution in [1.29, 1.82) is 0 Å². The Hall–Kier alpha value is -1.63. The minimum absolute atomic E-state index is 0.0551. The fourth-order valence-corrected chi connectivity index (χ4v) is 3.23. The van der Waals surface area contributed by atoms with E-state index in [1.54, 1.807) is 18.2 Å². The standard InChI is InChI=1S/C18H25F3N2O2/c1-2-3-7-14-8-6-11-25-17(12-14,18(19,20)21)16(24)23-13-15-9-4-5-10-22-15/h4-5,9-10,14H,2-3,6-8,11-13H2,1H3,(H,23,24)/t14-,17-/m0/s1. The molecule has 0 unspecified atom stereocenters. The topological polar surface area (TPSA) is 51.2 Å². The summed E-state index contributed by atoms with van der Waals surface area (Å²) in [6.07, 6.45) is 0.122. The Bertz CT molecular complexity index is 551. The van der Waals surface area contributed by atoms with E-state index in [2.05, 4.69) is 10.3 Å². The number of unbranched alkanes of at least 4 members (excludes halogenated alkanes) is 1. The largest absolute Gasteiger partial charge is 0.426 e. The van der Waals surface area contributed by atoms with Gasteiger partial charge in [0, 0.05) is 12.8 Å². The van der Waals surface area contributed by atoms with Crippen LogP contribution in [0.1, 0.15) is 51.1 Å². The average molecular weight is 358 g/mol. The van der Waals surface area contributed by atoms with Crippen LogP contribution in [0.15, 0.2) is 24.4 Å². The van der Waals surface area contributed by atoms with Crippen molar-refractivity contribution in [3.63, 3.8) is 0 Å². The number of nitrogens with one attached hydrogen (secondary N) is 1. The van der Waals surface area contributed by atoms with Crippen LogP contribution in [0.5, 0.6) is 0 Å². The molecule has 0 saturated carbocycles. The van der Waals surface area contributed by atoms with Gasteiger partial charge in [-0.25, -0.2) is 0 Å². The zero-order chi connectivity index (χ0) is 18.3. The molecule has 0 radical (unpaired) electrons. The van der Waals surface area contributed by atoms with Gasteiger partial charge in [-0.05, 0) is 37.3 Å².